The molecule has 0 aromatic heterocycles. The molecule has 0 atom stereocenters. The Bertz CT molecular complexity index is 928. The number of esters is 1. The molecule has 0 aliphatic carbocycles. The first-order valence-electron chi connectivity index (χ1n) is 14.9. The molecular formula is C32H46N4O6. The fourth-order valence-electron chi connectivity index (χ4n) is 4.17. The Morgan fingerprint density at radius 1 is 0.667 bits per heavy atom. The van der Waals surface area contributed by atoms with Crippen LogP contribution in [0.15, 0.2) is 30.3 Å². The summed E-state index contributed by atoms with van der Waals surface area (Å²) in [5.41, 5.74) is 0.0107. The lowest BCUT2D eigenvalue weighted by atomic mass is 10.0. The van der Waals surface area contributed by atoms with Gasteiger partial charge in [-0.1, -0.05) is 68.9 Å². The number of hydrogen-bond donors (Lipinski definition) is 1. The number of nitriles is 3. The number of amides is 1. The topological polar surface area (TPSA) is 154 Å². The van der Waals surface area contributed by atoms with E-state index < -0.39 is 5.54 Å². The van der Waals surface area contributed by atoms with Crippen molar-refractivity contribution < 1.29 is 28.5 Å². The molecule has 0 heterocycles. The SMILES string of the molecule is N#CCCOCC(COCCC#N)(COCCC#N)NC(=O)CCCCCCCCCCC(=O)OCc1ccccc1. The fourth-order valence-corrected chi connectivity index (χ4v) is 4.17. The zero-order chi connectivity index (χ0) is 30.6. The molecule has 1 aromatic rings. The molecule has 0 aliphatic rings. The van der Waals surface area contributed by atoms with Crippen molar-refractivity contribution in [2.75, 3.05) is 39.6 Å². The van der Waals surface area contributed by atoms with E-state index in [4.69, 9.17) is 34.7 Å². The highest BCUT2D eigenvalue weighted by atomic mass is 16.5. The number of ether oxygens (including phenoxy) is 4. The van der Waals surface area contributed by atoms with Gasteiger partial charge in [0, 0.05) is 12.8 Å². The number of unbranched alkanes of at least 4 members (excludes halogenated alkanes) is 7. The van der Waals surface area contributed by atoms with Crippen molar-refractivity contribution >= 4 is 11.9 Å². The zero-order valence-electron chi connectivity index (χ0n) is 24.8. The molecular weight excluding hydrogens is 536 g/mol. The van der Waals surface area contributed by atoms with Gasteiger partial charge in [-0.2, -0.15) is 15.8 Å². The quantitative estimate of drug-likeness (QED) is 0.113. The Morgan fingerprint density at radius 3 is 1.60 bits per heavy atom. The molecule has 1 rings (SSSR count). The second-order valence-electron chi connectivity index (χ2n) is 10.2. The summed E-state index contributed by atoms with van der Waals surface area (Å²) in [4.78, 5) is 24.7. The smallest absolute Gasteiger partial charge is 0.306 e. The monoisotopic (exact) mass is 582 g/mol. The maximum Gasteiger partial charge on any atom is 0.306 e. The van der Waals surface area contributed by atoms with Gasteiger partial charge in [-0.05, 0) is 18.4 Å². The maximum absolute atomic E-state index is 12.8. The first-order valence-corrected chi connectivity index (χ1v) is 14.9. The molecule has 0 fully saturated rings. The van der Waals surface area contributed by atoms with Crippen LogP contribution in [0.2, 0.25) is 0 Å². The van der Waals surface area contributed by atoms with Crippen LogP contribution in [-0.2, 0) is 35.1 Å². The fraction of sp³-hybridized carbons (Fsp3) is 0.656. The van der Waals surface area contributed by atoms with Crippen molar-refractivity contribution in [3.05, 3.63) is 35.9 Å². The van der Waals surface area contributed by atoms with Crippen molar-refractivity contribution in [1.82, 2.24) is 5.32 Å². The van der Waals surface area contributed by atoms with Gasteiger partial charge in [0.1, 0.15) is 12.1 Å². The molecule has 1 aromatic carbocycles. The van der Waals surface area contributed by atoms with Crippen molar-refractivity contribution in [3.8, 4) is 18.2 Å². The Morgan fingerprint density at radius 2 is 1.12 bits per heavy atom. The van der Waals surface area contributed by atoms with E-state index in [2.05, 4.69) is 5.32 Å². The first kappa shape index (κ1) is 36.5. The van der Waals surface area contributed by atoms with E-state index in [0.29, 0.717) is 19.4 Å². The van der Waals surface area contributed by atoms with Crippen molar-refractivity contribution in [1.29, 1.82) is 15.8 Å². The lowest BCUT2D eigenvalue weighted by molar-refractivity contribution is -0.145. The second kappa shape index (κ2) is 25.2. The average molecular weight is 583 g/mol. The third-order valence-corrected chi connectivity index (χ3v) is 6.39. The molecule has 10 heteroatoms. The normalized spacial score (nSPS) is 10.8. The summed E-state index contributed by atoms with van der Waals surface area (Å²) in [7, 11) is 0. The van der Waals surface area contributed by atoms with Gasteiger partial charge < -0.3 is 24.3 Å². The van der Waals surface area contributed by atoms with Gasteiger partial charge in [0.05, 0.1) is 77.1 Å². The van der Waals surface area contributed by atoms with Gasteiger partial charge in [-0.3, -0.25) is 9.59 Å². The number of carbonyl (C=O) groups excluding carboxylic acids is 2. The summed E-state index contributed by atoms with van der Waals surface area (Å²) < 4.78 is 22.2. The average Bonchev–Trinajstić information content (AvgIpc) is 3.00. The molecule has 0 saturated carbocycles. The molecule has 42 heavy (non-hydrogen) atoms. The predicted molar refractivity (Wildman–Crippen MR) is 156 cm³/mol. The van der Waals surface area contributed by atoms with Crippen molar-refractivity contribution in [3.63, 3.8) is 0 Å². The Hall–Kier alpha value is -3.49. The summed E-state index contributed by atoms with van der Waals surface area (Å²) in [5.74, 6) is -0.303. The number of rotatable bonds is 26. The van der Waals surface area contributed by atoms with Crippen LogP contribution in [0, 0.1) is 34.0 Å². The van der Waals surface area contributed by atoms with Crippen LogP contribution in [0.4, 0.5) is 0 Å². The molecule has 1 amide bonds. The summed E-state index contributed by atoms with van der Waals surface area (Å²) in [6.45, 7) is 1.22. The van der Waals surface area contributed by atoms with Crippen LogP contribution in [0.1, 0.15) is 89.0 Å². The number of hydrogen-bond acceptors (Lipinski definition) is 9. The van der Waals surface area contributed by atoms with Gasteiger partial charge in [0.25, 0.3) is 0 Å². The molecule has 0 unspecified atom stereocenters. The lowest BCUT2D eigenvalue weighted by Crippen LogP contribution is -2.58. The molecule has 0 bridgehead atoms. The van der Waals surface area contributed by atoms with Crippen LogP contribution in [0.25, 0.3) is 0 Å². The number of nitrogens with one attached hydrogen (secondary N) is 1. The third-order valence-electron chi connectivity index (χ3n) is 6.39. The van der Waals surface area contributed by atoms with E-state index in [9.17, 15) is 9.59 Å². The minimum atomic E-state index is -0.981. The second-order valence-corrected chi connectivity index (χ2v) is 10.2. The van der Waals surface area contributed by atoms with Gasteiger partial charge in [0.2, 0.25) is 5.91 Å². The molecule has 0 saturated heterocycles. The number of benzene rings is 1. The minimum absolute atomic E-state index is 0.0876. The molecule has 0 spiro atoms. The predicted octanol–water partition coefficient (Wildman–Crippen LogP) is 5.28. The number of nitrogens with zero attached hydrogens (tertiary/aromatic N) is 3. The highest BCUT2D eigenvalue weighted by molar-refractivity contribution is 5.76. The Kier molecular flexibility index (Phi) is 22.0. The maximum atomic E-state index is 12.8. The van der Waals surface area contributed by atoms with Gasteiger partial charge in [-0.15, -0.1) is 0 Å². The van der Waals surface area contributed by atoms with Crippen LogP contribution in [-0.4, -0.2) is 57.1 Å². The molecule has 10 nitrogen and oxygen atoms in total. The summed E-state index contributed by atoms with van der Waals surface area (Å²) >= 11 is 0. The largest absolute Gasteiger partial charge is 0.461 e. The number of carbonyl (C=O) groups is 2. The minimum Gasteiger partial charge on any atom is -0.461 e. The van der Waals surface area contributed by atoms with Crippen LogP contribution in [0.3, 0.4) is 0 Å². The third kappa shape index (κ3) is 19.6. The summed E-state index contributed by atoms with van der Waals surface area (Å²) in [6, 6.07) is 15.7. The van der Waals surface area contributed by atoms with E-state index in [1.807, 2.05) is 48.5 Å². The standard InChI is InChI=1S/C32H46N4O6/c33-19-12-22-39-26-32(27-40-23-13-20-34,28-41-24-14-21-35)36-30(37)17-10-5-3-1-2-4-6-11-18-31(38)42-25-29-15-8-7-9-16-29/h7-9,15-16H,1-6,10-14,17-18,22-28H2,(H,36,37). The Labute approximate surface area is 250 Å². The first-order chi connectivity index (χ1) is 20.5. The molecule has 0 radical (unpaired) electrons. The summed E-state index contributed by atoms with van der Waals surface area (Å²) in [5, 5.41) is 29.4. The molecule has 1 N–H and O–H groups in total. The van der Waals surface area contributed by atoms with E-state index in [1.165, 1.54) is 0 Å². The van der Waals surface area contributed by atoms with Crippen molar-refractivity contribution in [2.24, 2.45) is 0 Å². The molecule has 0 aliphatic heterocycles. The van der Waals surface area contributed by atoms with Gasteiger partial charge >= 0.3 is 5.97 Å². The lowest BCUT2D eigenvalue weighted by Gasteiger charge is -2.34. The highest BCUT2D eigenvalue weighted by Gasteiger charge is 2.33. The Balaban J connectivity index is 2.29. The van der Waals surface area contributed by atoms with E-state index in [0.717, 1.165) is 56.9 Å². The van der Waals surface area contributed by atoms with Gasteiger partial charge in [0.15, 0.2) is 0 Å². The van der Waals surface area contributed by atoms with Crippen molar-refractivity contribution in [2.45, 2.75) is 95.6 Å². The van der Waals surface area contributed by atoms with Crippen LogP contribution in [0.5, 0.6) is 0 Å². The van der Waals surface area contributed by atoms with E-state index >= 15 is 0 Å². The van der Waals surface area contributed by atoms with Crippen LogP contribution < -0.4 is 5.32 Å². The van der Waals surface area contributed by atoms with E-state index in [-0.39, 0.29) is 70.8 Å². The van der Waals surface area contributed by atoms with Crippen LogP contribution >= 0.6 is 0 Å². The van der Waals surface area contributed by atoms with Gasteiger partial charge in [-0.25, -0.2) is 0 Å². The molecule has 230 valence electrons. The highest BCUT2D eigenvalue weighted by Crippen LogP contribution is 2.14. The summed E-state index contributed by atoms with van der Waals surface area (Å²) in [6.07, 6.45) is 9.22. The van der Waals surface area contributed by atoms with E-state index in [1.54, 1.807) is 0 Å². The zero-order valence-corrected chi connectivity index (χ0v) is 24.8.